The lowest BCUT2D eigenvalue weighted by atomic mass is 10.1. The minimum absolute atomic E-state index is 0.0787. The van der Waals surface area contributed by atoms with Crippen LogP contribution >= 0.6 is 11.6 Å². The topological polar surface area (TPSA) is 62.6 Å². The Balaban J connectivity index is 1.96. The maximum Gasteiger partial charge on any atom is 0.310 e. The molecule has 0 saturated heterocycles. The molecule has 0 spiro atoms. The van der Waals surface area contributed by atoms with E-state index in [1.54, 1.807) is 44.0 Å². The molecule has 0 aliphatic rings. The first kappa shape index (κ1) is 16.2. The molecule has 0 radical (unpaired) electrons. The largest absolute Gasteiger partial charge is 0.493 e. The number of methoxy groups -OCH3 is 2. The van der Waals surface area contributed by atoms with E-state index in [4.69, 9.17) is 25.8 Å². The van der Waals surface area contributed by atoms with E-state index in [2.05, 4.69) is 4.98 Å². The van der Waals surface area contributed by atoms with Crippen LogP contribution < -0.4 is 9.47 Å². The van der Waals surface area contributed by atoms with Gasteiger partial charge in [-0.2, -0.15) is 0 Å². The van der Waals surface area contributed by atoms with Crippen LogP contribution in [0, 0.1) is 0 Å². The third-order valence-electron chi connectivity index (χ3n) is 3.19. The minimum Gasteiger partial charge on any atom is -0.493 e. The molecular formula is C15H17ClN2O4. The Morgan fingerprint density at radius 1 is 1.27 bits per heavy atom. The molecule has 1 aromatic heterocycles. The van der Waals surface area contributed by atoms with Crippen molar-refractivity contribution in [3.05, 3.63) is 40.9 Å². The molecule has 6 nitrogen and oxygen atoms in total. The van der Waals surface area contributed by atoms with Gasteiger partial charge < -0.3 is 18.8 Å². The van der Waals surface area contributed by atoms with E-state index < -0.39 is 0 Å². The van der Waals surface area contributed by atoms with Crippen LogP contribution in [-0.4, -0.2) is 29.7 Å². The average molecular weight is 325 g/mol. The third kappa shape index (κ3) is 3.71. The molecule has 0 atom stereocenters. The van der Waals surface area contributed by atoms with E-state index in [0.717, 1.165) is 5.56 Å². The number of rotatable bonds is 6. The second kappa shape index (κ2) is 7.17. The van der Waals surface area contributed by atoms with Crippen LogP contribution in [0.1, 0.15) is 11.4 Å². The van der Waals surface area contributed by atoms with Gasteiger partial charge in [-0.05, 0) is 17.7 Å². The van der Waals surface area contributed by atoms with E-state index >= 15 is 0 Å². The SMILES string of the molecule is COc1ccc(CC(=O)OCc2ncc(Cl)n2C)cc1OC. The summed E-state index contributed by atoms with van der Waals surface area (Å²) in [4.78, 5) is 16.0. The van der Waals surface area contributed by atoms with E-state index in [0.29, 0.717) is 22.5 Å². The van der Waals surface area contributed by atoms with Gasteiger partial charge in [-0.25, -0.2) is 4.98 Å². The van der Waals surface area contributed by atoms with Crippen LogP contribution in [0.2, 0.25) is 5.15 Å². The van der Waals surface area contributed by atoms with Gasteiger partial charge in [-0.1, -0.05) is 17.7 Å². The number of imidazole rings is 1. The number of hydrogen-bond acceptors (Lipinski definition) is 5. The molecule has 1 heterocycles. The van der Waals surface area contributed by atoms with Gasteiger partial charge in [0.05, 0.1) is 26.8 Å². The number of nitrogens with zero attached hydrogens (tertiary/aromatic N) is 2. The van der Waals surface area contributed by atoms with Crippen molar-refractivity contribution >= 4 is 17.6 Å². The monoisotopic (exact) mass is 324 g/mol. The average Bonchev–Trinajstić information content (AvgIpc) is 2.84. The maximum atomic E-state index is 11.9. The highest BCUT2D eigenvalue weighted by Gasteiger charge is 2.11. The number of aromatic nitrogens is 2. The lowest BCUT2D eigenvalue weighted by Gasteiger charge is -2.09. The molecule has 1 aromatic carbocycles. The van der Waals surface area contributed by atoms with Crippen molar-refractivity contribution in [2.45, 2.75) is 13.0 Å². The molecule has 0 unspecified atom stereocenters. The standard InChI is InChI=1S/C15H17ClN2O4/c1-18-13(16)8-17-14(18)9-22-15(19)7-10-4-5-11(20-2)12(6-10)21-3/h4-6,8H,7,9H2,1-3H3. The van der Waals surface area contributed by atoms with Crippen molar-refractivity contribution in [2.24, 2.45) is 7.05 Å². The van der Waals surface area contributed by atoms with Crippen molar-refractivity contribution < 1.29 is 19.0 Å². The summed E-state index contributed by atoms with van der Waals surface area (Å²) in [6.45, 7) is 0.0787. The highest BCUT2D eigenvalue weighted by molar-refractivity contribution is 6.29. The van der Waals surface area contributed by atoms with E-state index in [-0.39, 0.29) is 19.0 Å². The summed E-state index contributed by atoms with van der Waals surface area (Å²) in [6, 6.07) is 5.29. The Kier molecular flexibility index (Phi) is 5.27. The zero-order chi connectivity index (χ0) is 16.1. The van der Waals surface area contributed by atoms with Crippen LogP contribution in [0.4, 0.5) is 0 Å². The summed E-state index contributed by atoms with van der Waals surface area (Å²) < 4.78 is 17.2. The summed E-state index contributed by atoms with van der Waals surface area (Å²) in [5.74, 6) is 1.42. The highest BCUT2D eigenvalue weighted by Crippen LogP contribution is 2.27. The lowest BCUT2D eigenvalue weighted by Crippen LogP contribution is -2.10. The second-order valence-electron chi connectivity index (χ2n) is 4.58. The van der Waals surface area contributed by atoms with Gasteiger partial charge in [0, 0.05) is 7.05 Å². The van der Waals surface area contributed by atoms with Crippen LogP contribution in [0.15, 0.2) is 24.4 Å². The molecular weight excluding hydrogens is 308 g/mol. The number of ether oxygens (including phenoxy) is 3. The first-order valence-electron chi connectivity index (χ1n) is 6.57. The van der Waals surface area contributed by atoms with Crippen LogP contribution in [0.5, 0.6) is 11.5 Å². The maximum absolute atomic E-state index is 11.9. The fourth-order valence-corrected chi connectivity index (χ4v) is 2.06. The highest BCUT2D eigenvalue weighted by atomic mass is 35.5. The molecule has 2 aromatic rings. The summed E-state index contributed by atoms with van der Waals surface area (Å²) in [5.41, 5.74) is 0.778. The molecule has 118 valence electrons. The normalized spacial score (nSPS) is 10.4. The lowest BCUT2D eigenvalue weighted by molar-refractivity contribution is -0.144. The summed E-state index contributed by atoms with van der Waals surface area (Å²) in [7, 11) is 4.86. The van der Waals surface area contributed by atoms with Crippen molar-refractivity contribution in [1.29, 1.82) is 0 Å². The summed E-state index contributed by atoms with van der Waals surface area (Å²) >= 11 is 5.87. The second-order valence-corrected chi connectivity index (χ2v) is 4.97. The number of esters is 1. The molecule has 7 heteroatoms. The predicted molar refractivity (Wildman–Crippen MR) is 81.3 cm³/mol. The van der Waals surface area contributed by atoms with Gasteiger partial charge in [-0.3, -0.25) is 4.79 Å². The smallest absolute Gasteiger partial charge is 0.310 e. The van der Waals surface area contributed by atoms with Gasteiger partial charge >= 0.3 is 5.97 Å². The number of halogens is 1. The van der Waals surface area contributed by atoms with Crippen molar-refractivity contribution in [3.63, 3.8) is 0 Å². The molecule has 0 aliphatic heterocycles. The Morgan fingerprint density at radius 2 is 2.00 bits per heavy atom. The number of carbonyl (C=O) groups is 1. The number of hydrogen-bond donors (Lipinski definition) is 0. The van der Waals surface area contributed by atoms with Crippen molar-refractivity contribution in [3.8, 4) is 11.5 Å². The van der Waals surface area contributed by atoms with Crippen LogP contribution in [0.25, 0.3) is 0 Å². The quantitative estimate of drug-likeness (QED) is 0.763. The molecule has 0 saturated carbocycles. The summed E-state index contributed by atoms with van der Waals surface area (Å²) in [6.07, 6.45) is 1.65. The van der Waals surface area contributed by atoms with Crippen molar-refractivity contribution in [1.82, 2.24) is 9.55 Å². The fourth-order valence-electron chi connectivity index (χ4n) is 1.91. The van der Waals surface area contributed by atoms with Gasteiger partial charge in [-0.15, -0.1) is 0 Å². The Morgan fingerprint density at radius 3 is 2.59 bits per heavy atom. The first-order chi connectivity index (χ1) is 10.5. The van der Waals surface area contributed by atoms with Gasteiger partial charge in [0.1, 0.15) is 17.6 Å². The van der Waals surface area contributed by atoms with Gasteiger partial charge in [0.2, 0.25) is 0 Å². The van der Waals surface area contributed by atoms with Crippen LogP contribution in [-0.2, 0) is 29.6 Å². The minimum atomic E-state index is -0.355. The zero-order valence-corrected chi connectivity index (χ0v) is 13.4. The van der Waals surface area contributed by atoms with E-state index in [9.17, 15) is 4.79 Å². The van der Waals surface area contributed by atoms with Gasteiger partial charge in [0.25, 0.3) is 0 Å². The Labute approximate surface area is 133 Å². The molecule has 22 heavy (non-hydrogen) atoms. The van der Waals surface area contributed by atoms with E-state index in [1.807, 2.05) is 0 Å². The Bertz CT molecular complexity index is 670. The molecule has 0 fully saturated rings. The van der Waals surface area contributed by atoms with Crippen molar-refractivity contribution in [2.75, 3.05) is 14.2 Å². The number of benzene rings is 1. The third-order valence-corrected chi connectivity index (χ3v) is 3.54. The molecule has 0 N–H and O–H groups in total. The Hall–Kier alpha value is -2.21. The summed E-state index contributed by atoms with van der Waals surface area (Å²) in [5, 5.41) is 0.492. The first-order valence-corrected chi connectivity index (χ1v) is 6.95. The fraction of sp³-hybridized carbons (Fsp3) is 0.333. The molecule has 0 bridgehead atoms. The zero-order valence-electron chi connectivity index (χ0n) is 12.6. The van der Waals surface area contributed by atoms with E-state index in [1.165, 1.54) is 6.20 Å². The number of carbonyl (C=O) groups excluding carboxylic acids is 1. The van der Waals surface area contributed by atoms with Crippen LogP contribution in [0.3, 0.4) is 0 Å². The predicted octanol–water partition coefficient (Wildman–Crippen LogP) is 2.38. The molecule has 2 rings (SSSR count). The molecule has 0 aliphatic carbocycles. The molecule has 0 amide bonds. The van der Waals surface area contributed by atoms with Gasteiger partial charge in [0.15, 0.2) is 11.5 Å².